The van der Waals surface area contributed by atoms with Crippen molar-refractivity contribution in [3.05, 3.63) is 45.0 Å². The lowest BCUT2D eigenvalue weighted by atomic mass is 10.2. The van der Waals surface area contributed by atoms with Crippen LogP contribution in [0.2, 0.25) is 0 Å². The van der Waals surface area contributed by atoms with Gasteiger partial charge >= 0.3 is 0 Å². The zero-order valence-electron chi connectivity index (χ0n) is 7.16. The summed E-state index contributed by atoms with van der Waals surface area (Å²) in [4.78, 5) is 0.317. The van der Waals surface area contributed by atoms with Crippen LogP contribution >= 0.6 is 28.1 Å². The zero-order chi connectivity index (χ0) is 9.97. The lowest BCUT2D eigenvalue weighted by molar-refractivity contribution is 0.491. The molecule has 0 spiro atoms. The molecule has 0 aliphatic rings. The van der Waals surface area contributed by atoms with E-state index < -0.39 is 0 Å². The third kappa shape index (κ3) is 2.30. The van der Waals surface area contributed by atoms with Gasteiger partial charge < -0.3 is 4.42 Å². The summed E-state index contributed by atoms with van der Waals surface area (Å²) in [7, 11) is 0. The van der Waals surface area contributed by atoms with Crippen LogP contribution in [0.3, 0.4) is 0 Å². The maximum Gasteiger partial charge on any atom is 0.284 e. The van der Waals surface area contributed by atoms with Gasteiger partial charge in [0.2, 0.25) is 5.89 Å². The van der Waals surface area contributed by atoms with Crippen molar-refractivity contribution in [3.8, 4) is 0 Å². The van der Waals surface area contributed by atoms with Crippen molar-refractivity contribution < 1.29 is 4.42 Å². The molecule has 0 bridgehead atoms. The van der Waals surface area contributed by atoms with Crippen molar-refractivity contribution in [1.82, 2.24) is 10.2 Å². The molecule has 0 saturated heterocycles. The van der Waals surface area contributed by atoms with Gasteiger partial charge in [0.1, 0.15) is 0 Å². The first-order chi connectivity index (χ1) is 6.74. The molecule has 5 heteroatoms. The number of nitrogens with one attached hydrogen (secondary N) is 1. The number of hydrogen-bond donors (Lipinski definition) is 1. The molecule has 2 rings (SSSR count). The first-order valence-corrected chi connectivity index (χ1v) is 5.23. The molecule has 0 unspecified atom stereocenters. The molecular formula is C9H7BrN2OS. The van der Waals surface area contributed by atoms with Crippen LogP contribution in [0.15, 0.2) is 33.2 Å². The second-order valence-electron chi connectivity index (χ2n) is 2.81. The van der Waals surface area contributed by atoms with E-state index in [1.165, 1.54) is 0 Å². The van der Waals surface area contributed by atoms with E-state index in [4.69, 9.17) is 16.6 Å². The van der Waals surface area contributed by atoms with Crippen molar-refractivity contribution in [3.63, 3.8) is 0 Å². The maximum atomic E-state index is 5.15. The van der Waals surface area contributed by atoms with Crippen molar-refractivity contribution in [2.75, 3.05) is 0 Å². The van der Waals surface area contributed by atoms with E-state index >= 15 is 0 Å². The Morgan fingerprint density at radius 3 is 2.64 bits per heavy atom. The van der Waals surface area contributed by atoms with Crippen molar-refractivity contribution in [1.29, 1.82) is 0 Å². The predicted octanol–water partition coefficient (Wildman–Crippen LogP) is 3.09. The van der Waals surface area contributed by atoms with Gasteiger partial charge in [0, 0.05) is 4.47 Å². The first kappa shape index (κ1) is 9.61. The van der Waals surface area contributed by atoms with Crippen LogP contribution in [0.4, 0.5) is 0 Å². The summed E-state index contributed by atoms with van der Waals surface area (Å²) in [6.07, 6.45) is 0.653. The Kier molecular flexibility index (Phi) is 2.79. The molecule has 1 heterocycles. The van der Waals surface area contributed by atoms with Crippen molar-refractivity contribution in [2.24, 2.45) is 0 Å². The van der Waals surface area contributed by atoms with Gasteiger partial charge in [-0.05, 0) is 29.9 Å². The molecule has 72 valence electrons. The Balaban J connectivity index is 2.19. The van der Waals surface area contributed by atoms with E-state index in [1.54, 1.807) is 0 Å². The molecule has 1 aromatic carbocycles. The predicted molar refractivity (Wildman–Crippen MR) is 58.6 cm³/mol. The smallest absolute Gasteiger partial charge is 0.284 e. The zero-order valence-corrected chi connectivity index (χ0v) is 9.56. The van der Waals surface area contributed by atoms with Gasteiger partial charge in [0.05, 0.1) is 6.42 Å². The van der Waals surface area contributed by atoms with Gasteiger partial charge in [-0.3, -0.25) is 0 Å². The van der Waals surface area contributed by atoms with Crippen molar-refractivity contribution >= 4 is 28.1 Å². The summed E-state index contributed by atoms with van der Waals surface area (Å²) in [5.41, 5.74) is 1.14. The number of hydrogen-bond acceptors (Lipinski definition) is 3. The van der Waals surface area contributed by atoms with Crippen LogP contribution in [-0.4, -0.2) is 10.2 Å². The first-order valence-electron chi connectivity index (χ1n) is 4.03. The second-order valence-corrected chi connectivity index (χ2v) is 4.10. The molecule has 2 aromatic rings. The van der Waals surface area contributed by atoms with Gasteiger partial charge in [-0.25, -0.2) is 5.10 Å². The number of aromatic nitrogens is 2. The van der Waals surface area contributed by atoms with Crippen LogP contribution in [0.25, 0.3) is 0 Å². The number of benzene rings is 1. The summed E-state index contributed by atoms with van der Waals surface area (Å²) in [5, 5.41) is 6.52. The Bertz CT molecular complexity index is 474. The Morgan fingerprint density at radius 1 is 1.36 bits per heavy atom. The minimum Gasteiger partial charge on any atom is -0.414 e. The number of halogens is 1. The highest BCUT2D eigenvalue weighted by Gasteiger charge is 2.01. The minimum atomic E-state index is 0.317. The van der Waals surface area contributed by atoms with Crippen LogP contribution in [0.1, 0.15) is 11.5 Å². The SMILES string of the molecule is S=c1[nH]nc(Cc2ccc(Br)cc2)o1. The normalized spacial score (nSPS) is 10.4. The highest BCUT2D eigenvalue weighted by atomic mass is 79.9. The van der Waals surface area contributed by atoms with Gasteiger partial charge in [0.25, 0.3) is 4.84 Å². The molecule has 0 radical (unpaired) electrons. The maximum absolute atomic E-state index is 5.15. The average molecular weight is 271 g/mol. The largest absolute Gasteiger partial charge is 0.414 e. The number of rotatable bonds is 2. The molecule has 0 aliphatic heterocycles. The Morgan fingerprint density at radius 2 is 2.07 bits per heavy atom. The van der Waals surface area contributed by atoms with Crippen LogP contribution < -0.4 is 0 Å². The highest BCUT2D eigenvalue weighted by molar-refractivity contribution is 9.10. The molecule has 1 N–H and O–H groups in total. The lowest BCUT2D eigenvalue weighted by Crippen LogP contribution is -1.87. The summed E-state index contributed by atoms with van der Waals surface area (Å²) in [6.45, 7) is 0. The van der Waals surface area contributed by atoms with E-state index in [1.807, 2.05) is 24.3 Å². The van der Waals surface area contributed by atoms with E-state index in [-0.39, 0.29) is 0 Å². The van der Waals surface area contributed by atoms with Gasteiger partial charge in [-0.2, -0.15) is 0 Å². The quantitative estimate of drug-likeness (QED) is 0.853. The summed E-state index contributed by atoms with van der Waals surface area (Å²) >= 11 is 8.15. The third-order valence-corrected chi connectivity index (χ3v) is 2.45. The summed E-state index contributed by atoms with van der Waals surface area (Å²) in [6, 6.07) is 7.99. The Labute approximate surface area is 94.3 Å². The van der Waals surface area contributed by atoms with E-state index in [0.717, 1.165) is 10.0 Å². The lowest BCUT2D eigenvalue weighted by Gasteiger charge is -1.96. The van der Waals surface area contributed by atoms with Gasteiger partial charge in [-0.1, -0.05) is 28.1 Å². The molecule has 0 amide bonds. The van der Waals surface area contributed by atoms with E-state index in [0.29, 0.717) is 17.1 Å². The molecule has 0 saturated carbocycles. The van der Waals surface area contributed by atoms with Crippen LogP contribution in [-0.2, 0) is 6.42 Å². The molecule has 1 aromatic heterocycles. The highest BCUT2D eigenvalue weighted by Crippen LogP contribution is 2.12. The second kappa shape index (κ2) is 4.06. The van der Waals surface area contributed by atoms with E-state index in [9.17, 15) is 0 Å². The third-order valence-electron chi connectivity index (χ3n) is 1.75. The fourth-order valence-corrected chi connectivity index (χ4v) is 1.52. The molecule has 0 aliphatic carbocycles. The molecule has 0 fully saturated rings. The fraction of sp³-hybridized carbons (Fsp3) is 0.111. The summed E-state index contributed by atoms with van der Waals surface area (Å²) < 4.78 is 6.21. The van der Waals surface area contributed by atoms with Crippen molar-refractivity contribution in [2.45, 2.75) is 6.42 Å². The molecule has 14 heavy (non-hydrogen) atoms. The van der Waals surface area contributed by atoms with E-state index in [2.05, 4.69) is 26.1 Å². The molecule has 0 atom stereocenters. The topological polar surface area (TPSA) is 41.8 Å². The minimum absolute atomic E-state index is 0.317. The summed E-state index contributed by atoms with van der Waals surface area (Å²) in [5.74, 6) is 0.609. The number of H-pyrrole nitrogens is 1. The van der Waals surface area contributed by atoms with Crippen LogP contribution in [0.5, 0.6) is 0 Å². The van der Waals surface area contributed by atoms with Gasteiger partial charge in [0.15, 0.2) is 0 Å². The monoisotopic (exact) mass is 270 g/mol. The standard InChI is InChI=1S/C9H7BrN2OS/c10-7-3-1-6(2-4-7)5-8-11-12-9(14)13-8/h1-4H,5H2,(H,12,14). The van der Waals surface area contributed by atoms with Crippen LogP contribution in [0, 0.1) is 4.84 Å². The van der Waals surface area contributed by atoms with Gasteiger partial charge in [-0.15, -0.1) is 5.10 Å². The average Bonchev–Trinajstić information content (AvgIpc) is 2.56. The molecule has 3 nitrogen and oxygen atoms in total. The molecular weight excluding hydrogens is 264 g/mol. The Hall–Kier alpha value is -0.940. The number of nitrogens with zero attached hydrogens (tertiary/aromatic N) is 1. The number of aromatic amines is 1. The fourth-order valence-electron chi connectivity index (χ4n) is 1.11.